The van der Waals surface area contributed by atoms with Crippen molar-refractivity contribution in [2.45, 2.75) is 6.29 Å². The largest absolute Gasteiger partial charge is 0.463 e. The van der Waals surface area contributed by atoms with Crippen LogP contribution in [0.2, 0.25) is 0 Å². The third-order valence-corrected chi connectivity index (χ3v) is 1.58. The fourth-order valence-electron chi connectivity index (χ4n) is 0.987. The highest BCUT2D eigenvalue weighted by Gasteiger charge is 2.32. The minimum Gasteiger partial charge on any atom is -0.463 e. The van der Waals surface area contributed by atoms with E-state index in [0.29, 0.717) is 11.6 Å². The highest BCUT2D eigenvalue weighted by Crippen LogP contribution is 2.31. The number of pyridine rings is 1. The Hall–Kier alpha value is -1.78. The normalized spacial score (nSPS) is 18.4. The van der Waals surface area contributed by atoms with Crippen LogP contribution < -0.4 is 9.47 Å². The van der Waals surface area contributed by atoms with Crippen molar-refractivity contribution < 1.29 is 19.0 Å². The SMILES string of the molecule is COC(=O)C1Oc2cccnc2O1. The Morgan fingerprint density at radius 3 is 3.15 bits per heavy atom. The second-order valence-electron chi connectivity index (χ2n) is 2.40. The fraction of sp³-hybridized carbons (Fsp3) is 0.250. The van der Waals surface area contributed by atoms with Crippen molar-refractivity contribution in [1.29, 1.82) is 0 Å². The number of rotatable bonds is 1. The van der Waals surface area contributed by atoms with Crippen molar-refractivity contribution in [3.8, 4) is 11.6 Å². The van der Waals surface area contributed by atoms with Gasteiger partial charge in [-0.25, -0.2) is 9.78 Å². The van der Waals surface area contributed by atoms with Gasteiger partial charge in [0.1, 0.15) is 0 Å². The summed E-state index contributed by atoms with van der Waals surface area (Å²) >= 11 is 0. The molecule has 0 aromatic carbocycles. The van der Waals surface area contributed by atoms with Crippen LogP contribution in [-0.4, -0.2) is 24.4 Å². The summed E-state index contributed by atoms with van der Waals surface area (Å²) in [5, 5.41) is 0. The van der Waals surface area contributed by atoms with E-state index in [-0.39, 0.29) is 0 Å². The number of fused-ring (bicyclic) bond motifs is 1. The van der Waals surface area contributed by atoms with Crippen LogP contribution in [0.3, 0.4) is 0 Å². The van der Waals surface area contributed by atoms with E-state index in [1.807, 2.05) is 0 Å². The number of carbonyl (C=O) groups excluding carboxylic acids is 1. The number of hydrogen-bond acceptors (Lipinski definition) is 5. The zero-order valence-corrected chi connectivity index (χ0v) is 6.89. The molecule has 0 bridgehead atoms. The summed E-state index contributed by atoms with van der Waals surface area (Å²) in [5.41, 5.74) is 0. The molecule has 1 aromatic rings. The molecule has 13 heavy (non-hydrogen) atoms. The lowest BCUT2D eigenvalue weighted by molar-refractivity contribution is -0.158. The quantitative estimate of drug-likeness (QED) is 0.585. The maximum Gasteiger partial charge on any atom is 0.389 e. The molecular weight excluding hydrogens is 174 g/mol. The first kappa shape index (κ1) is 7.85. The molecule has 0 spiro atoms. The van der Waals surface area contributed by atoms with Gasteiger partial charge in [0.05, 0.1) is 7.11 Å². The maximum absolute atomic E-state index is 11.0. The molecule has 0 radical (unpaired) electrons. The summed E-state index contributed by atoms with van der Waals surface area (Å²) in [6, 6.07) is 3.37. The molecule has 2 heterocycles. The number of carbonyl (C=O) groups is 1. The predicted octanol–water partition coefficient (Wildman–Crippen LogP) is 0.352. The van der Waals surface area contributed by atoms with Gasteiger partial charge in [0.2, 0.25) is 0 Å². The van der Waals surface area contributed by atoms with E-state index < -0.39 is 12.3 Å². The molecule has 1 aromatic heterocycles. The molecule has 1 aliphatic heterocycles. The van der Waals surface area contributed by atoms with E-state index in [9.17, 15) is 4.79 Å². The Balaban J connectivity index is 2.18. The van der Waals surface area contributed by atoms with Gasteiger partial charge >= 0.3 is 12.3 Å². The van der Waals surface area contributed by atoms with Crippen LogP contribution in [-0.2, 0) is 9.53 Å². The van der Waals surface area contributed by atoms with E-state index in [0.717, 1.165) is 0 Å². The standard InChI is InChI=1S/C8H7NO4/c1-11-7(10)8-12-5-3-2-4-9-6(5)13-8/h2-4,8H,1H3. The Labute approximate surface area is 74.2 Å². The summed E-state index contributed by atoms with van der Waals surface area (Å²) < 4.78 is 14.6. The number of methoxy groups -OCH3 is 1. The van der Waals surface area contributed by atoms with E-state index in [1.54, 1.807) is 18.3 Å². The van der Waals surface area contributed by atoms with Crippen LogP contribution >= 0.6 is 0 Å². The van der Waals surface area contributed by atoms with Gasteiger partial charge in [0.15, 0.2) is 5.75 Å². The highest BCUT2D eigenvalue weighted by atomic mass is 16.7. The molecular formula is C8H7NO4. The minimum absolute atomic E-state index is 0.318. The van der Waals surface area contributed by atoms with Gasteiger partial charge in [-0.2, -0.15) is 0 Å². The molecule has 0 fully saturated rings. The summed E-state index contributed by atoms with van der Waals surface area (Å²) in [5.74, 6) is 0.203. The van der Waals surface area contributed by atoms with Gasteiger partial charge in [0.25, 0.3) is 5.88 Å². The van der Waals surface area contributed by atoms with Crippen LogP contribution in [0.5, 0.6) is 11.6 Å². The number of nitrogens with zero attached hydrogens (tertiary/aromatic N) is 1. The Kier molecular flexibility index (Phi) is 1.77. The molecule has 1 atom stereocenters. The lowest BCUT2D eigenvalue weighted by Gasteiger charge is -2.05. The maximum atomic E-state index is 11.0. The fourth-order valence-corrected chi connectivity index (χ4v) is 0.987. The van der Waals surface area contributed by atoms with Gasteiger partial charge in [-0.15, -0.1) is 0 Å². The van der Waals surface area contributed by atoms with Crippen molar-refractivity contribution in [2.75, 3.05) is 7.11 Å². The first-order valence-electron chi connectivity index (χ1n) is 3.67. The molecule has 0 aliphatic carbocycles. The summed E-state index contributed by atoms with van der Waals surface area (Å²) in [6.07, 6.45) is 0.539. The average Bonchev–Trinajstić information content (AvgIpc) is 2.59. The second kappa shape index (κ2) is 2.93. The second-order valence-corrected chi connectivity index (χ2v) is 2.40. The zero-order chi connectivity index (χ0) is 9.26. The third-order valence-electron chi connectivity index (χ3n) is 1.58. The molecule has 0 saturated carbocycles. The van der Waals surface area contributed by atoms with Crippen LogP contribution in [0, 0.1) is 0 Å². The van der Waals surface area contributed by atoms with E-state index in [2.05, 4.69) is 9.72 Å². The number of esters is 1. The average molecular weight is 181 g/mol. The van der Waals surface area contributed by atoms with E-state index >= 15 is 0 Å². The Bertz CT molecular complexity index is 314. The van der Waals surface area contributed by atoms with E-state index in [4.69, 9.17) is 9.47 Å². The van der Waals surface area contributed by atoms with Crippen molar-refractivity contribution in [3.05, 3.63) is 18.3 Å². The Morgan fingerprint density at radius 2 is 2.46 bits per heavy atom. The molecule has 2 rings (SSSR count). The van der Waals surface area contributed by atoms with Crippen LogP contribution in [0.4, 0.5) is 0 Å². The molecule has 0 saturated heterocycles. The summed E-state index contributed by atoms with van der Waals surface area (Å²) in [6.45, 7) is 0. The van der Waals surface area contributed by atoms with Crippen LogP contribution in [0.15, 0.2) is 18.3 Å². The summed E-state index contributed by atoms with van der Waals surface area (Å²) in [7, 11) is 1.27. The monoisotopic (exact) mass is 181 g/mol. The number of ether oxygens (including phenoxy) is 3. The lowest BCUT2D eigenvalue weighted by Crippen LogP contribution is -2.30. The molecule has 5 nitrogen and oxygen atoms in total. The third kappa shape index (κ3) is 1.28. The molecule has 68 valence electrons. The first-order chi connectivity index (χ1) is 6.31. The predicted molar refractivity (Wildman–Crippen MR) is 41.3 cm³/mol. The lowest BCUT2D eigenvalue weighted by atomic mass is 10.4. The van der Waals surface area contributed by atoms with Crippen molar-refractivity contribution in [3.63, 3.8) is 0 Å². The Morgan fingerprint density at radius 1 is 1.62 bits per heavy atom. The smallest absolute Gasteiger partial charge is 0.389 e. The van der Waals surface area contributed by atoms with Crippen LogP contribution in [0.25, 0.3) is 0 Å². The zero-order valence-electron chi connectivity index (χ0n) is 6.89. The van der Waals surface area contributed by atoms with Gasteiger partial charge in [0, 0.05) is 6.20 Å². The van der Waals surface area contributed by atoms with Crippen molar-refractivity contribution in [1.82, 2.24) is 4.98 Å². The molecule has 5 heteroatoms. The molecule has 1 aliphatic rings. The van der Waals surface area contributed by atoms with E-state index in [1.165, 1.54) is 7.11 Å². The number of hydrogen-bond donors (Lipinski definition) is 0. The summed E-state index contributed by atoms with van der Waals surface area (Å²) in [4.78, 5) is 14.9. The van der Waals surface area contributed by atoms with Crippen LogP contribution in [0.1, 0.15) is 0 Å². The van der Waals surface area contributed by atoms with Crippen molar-refractivity contribution in [2.24, 2.45) is 0 Å². The van der Waals surface area contributed by atoms with Gasteiger partial charge in [-0.05, 0) is 12.1 Å². The minimum atomic E-state index is -1.02. The van der Waals surface area contributed by atoms with Gasteiger partial charge < -0.3 is 14.2 Å². The molecule has 0 amide bonds. The van der Waals surface area contributed by atoms with Gasteiger partial charge in [-0.1, -0.05) is 0 Å². The highest BCUT2D eigenvalue weighted by molar-refractivity contribution is 5.74. The topological polar surface area (TPSA) is 57.7 Å². The van der Waals surface area contributed by atoms with Gasteiger partial charge in [-0.3, -0.25) is 0 Å². The molecule has 0 N–H and O–H groups in total. The number of aromatic nitrogens is 1. The first-order valence-corrected chi connectivity index (χ1v) is 3.67. The molecule has 1 unspecified atom stereocenters. The van der Waals surface area contributed by atoms with Crippen molar-refractivity contribution >= 4 is 5.97 Å².